The molecule has 0 saturated carbocycles. The monoisotopic (exact) mass is 390 g/mol. The Morgan fingerprint density at radius 3 is 2.67 bits per heavy atom. The topological polar surface area (TPSA) is 34.5 Å². The van der Waals surface area contributed by atoms with E-state index in [-0.39, 0.29) is 6.09 Å². The largest absolute Gasteiger partial charge is 0.444 e. The summed E-state index contributed by atoms with van der Waals surface area (Å²) in [6.07, 6.45) is 1.83. The lowest BCUT2D eigenvalue weighted by Gasteiger charge is -2.26. The third-order valence-corrected chi connectivity index (χ3v) is 4.78. The molecule has 0 N–H and O–H groups in total. The molecule has 0 spiro atoms. The van der Waals surface area contributed by atoms with E-state index in [1.807, 2.05) is 26.8 Å². The van der Waals surface area contributed by atoms with Gasteiger partial charge in [0, 0.05) is 40.2 Å². The highest BCUT2D eigenvalue weighted by molar-refractivity contribution is 9.10. The van der Waals surface area contributed by atoms with Gasteiger partial charge in [0.2, 0.25) is 0 Å². The quantitative estimate of drug-likeness (QED) is 0.627. The summed E-state index contributed by atoms with van der Waals surface area (Å²) in [7, 11) is 2.06. The first-order valence-corrected chi connectivity index (χ1v) is 8.88. The second kappa shape index (κ2) is 5.96. The van der Waals surface area contributed by atoms with E-state index in [4.69, 9.17) is 4.74 Å². The maximum absolute atomic E-state index is 12.5. The summed E-state index contributed by atoms with van der Waals surface area (Å²) in [6.45, 7) is 8.89. The number of amides is 1. The molecule has 2 heterocycles. The van der Waals surface area contributed by atoms with Gasteiger partial charge in [0.1, 0.15) is 5.60 Å². The van der Waals surface area contributed by atoms with Gasteiger partial charge in [-0.25, -0.2) is 4.79 Å². The van der Waals surface area contributed by atoms with Crippen LogP contribution in [0.4, 0.5) is 4.79 Å². The van der Waals surface area contributed by atoms with Gasteiger partial charge in [0.15, 0.2) is 0 Å². The van der Waals surface area contributed by atoms with Crippen molar-refractivity contribution in [3.63, 3.8) is 0 Å². The fourth-order valence-corrected chi connectivity index (χ4v) is 3.52. The molecule has 1 aromatic heterocycles. The third-order valence-electron chi connectivity index (χ3n) is 4.29. The summed E-state index contributed by atoms with van der Waals surface area (Å²) >= 11 is 3.56. The molecule has 2 aromatic rings. The molecule has 128 valence electrons. The van der Waals surface area contributed by atoms with Gasteiger partial charge in [0.25, 0.3) is 0 Å². The Hall–Kier alpha value is -1.75. The van der Waals surface area contributed by atoms with E-state index in [0.717, 1.165) is 10.2 Å². The van der Waals surface area contributed by atoms with Crippen LogP contribution in [0, 0.1) is 0 Å². The molecule has 5 heteroatoms. The zero-order valence-corrected chi connectivity index (χ0v) is 16.4. The van der Waals surface area contributed by atoms with Crippen molar-refractivity contribution in [2.24, 2.45) is 7.05 Å². The van der Waals surface area contributed by atoms with Crippen molar-refractivity contribution < 1.29 is 9.53 Å². The number of nitrogens with zero attached hydrogens (tertiary/aromatic N) is 2. The summed E-state index contributed by atoms with van der Waals surface area (Å²) in [5, 5.41) is 1.21. The van der Waals surface area contributed by atoms with Gasteiger partial charge in [-0.05, 0) is 51.5 Å². The van der Waals surface area contributed by atoms with E-state index in [1.54, 1.807) is 4.90 Å². The number of hydrogen-bond acceptors (Lipinski definition) is 2. The first-order valence-electron chi connectivity index (χ1n) is 8.09. The molecular formula is C19H23BrN2O2. The van der Waals surface area contributed by atoms with Crippen molar-refractivity contribution in [3.05, 3.63) is 40.0 Å². The zero-order valence-electron chi connectivity index (χ0n) is 14.8. The van der Waals surface area contributed by atoms with Gasteiger partial charge in [-0.2, -0.15) is 0 Å². The summed E-state index contributed by atoms with van der Waals surface area (Å²) in [6, 6.07) is 6.31. The maximum atomic E-state index is 12.5. The van der Waals surface area contributed by atoms with E-state index in [2.05, 4.69) is 52.7 Å². The molecule has 0 fully saturated rings. The van der Waals surface area contributed by atoms with Crippen LogP contribution in [0.2, 0.25) is 0 Å². The normalized spacial score (nSPS) is 15.1. The van der Waals surface area contributed by atoms with Crippen LogP contribution in [0.3, 0.4) is 0 Å². The second-order valence-corrected chi connectivity index (χ2v) is 8.21. The van der Waals surface area contributed by atoms with E-state index in [1.165, 1.54) is 22.0 Å². The summed E-state index contributed by atoms with van der Waals surface area (Å²) in [4.78, 5) is 14.3. The summed E-state index contributed by atoms with van der Waals surface area (Å²) in [5.74, 6) is 0. The van der Waals surface area contributed by atoms with Crippen molar-refractivity contribution in [2.75, 3.05) is 6.54 Å². The van der Waals surface area contributed by atoms with Crippen LogP contribution in [0.25, 0.3) is 16.5 Å². The highest BCUT2D eigenvalue weighted by Gasteiger charge is 2.27. The minimum absolute atomic E-state index is 0.272. The van der Waals surface area contributed by atoms with Crippen LogP contribution in [-0.2, 0) is 18.3 Å². The van der Waals surface area contributed by atoms with Gasteiger partial charge < -0.3 is 9.30 Å². The van der Waals surface area contributed by atoms with Gasteiger partial charge >= 0.3 is 6.09 Å². The van der Waals surface area contributed by atoms with Crippen LogP contribution in [0.15, 0.2) is 28.7 Å². The first-order chi connectivity index (χ1) is 11.2. The van der Waals surface area contributed by atoms with Gasteiger partial charge in [-0.1, -0.05) is 22.0 Å². The van der Waals surface area contributed by atoms with Crippen LogP contribution in [0.1, 0.15) is 39.0 Å². The van der Waals surface area contributed by atoms with Gasteiger partial charge in [-0.15, -0.1) is 0 Å². The minimum Gasteiger partial charge on any atom is -0.444 e. The number of allylic oxidation sites excluding steroid dienone is 1. The SMILES string of the molecule is CC1=CCN(C(=O)OC(C)(C)C)Cc2c1c1cc(Br)ccc1n2C. The van der Waals surface area contributed by atoms with Crippen LogP contribution < -0.4 is 0 Å². The zero-order chi connectivity index (χ0) is 17.6. The number of carbonyl (C=O) groups is 1. The van der Waals surface area contributed by atoms with Crippen molar-refractivity contribution in [1.29, 1.82) is 0 Å². The number of rotatable bonds is 0. The minimum atomic E-state index is -0.491. The second-order valence-electron chi connectivity index (χ2n) is 7.29. The van der Waals surface area contributed by atoms with E-state index < -0.39 is 5.60 Å². The number of fused-ring (bicyclic) bond motifs is 3. The summed E-state index contributed by atoms with van der Waals surface area (Å²) < 4.78 is 8.79. The lowest BCUT2D eigenvalue weighted by atomic mass is 10.0. The van der Waals surface area contributed by atoms with Gasteiger partial charge in [0.05, 0.1) is 6.54 Å². The van der Waals surface area contributed by atoms with Crippen molar-refractivity contribution in [2.45, 2.75) is 39.8 Å². The average molecular weight is 391 g/mol. The fraction of sp³-hybridized carbons (Fsp3) is 0.421. The standard InChI is InChI=1S/C19H23BrN2O2/c1-12-8-9-22(18(23)24-19(2,3)4)11-16-17(12)14-10-13(20)6-7-15(14)21(16)5/h6-8,10H,9,11H2,1-5H3. The molecular weight excluding hydrogens is 368 g/mol. The average Bonchev–Trinajstić information content (AvgIpc) is 2.62. The number of aromatic nitrogens is 1. The van der Waals surface area contributed by atoms with Gasteiger partial charge in [-0.3, -0.25) is 4.90 Å². The molecule has 3 rings (SSSR count). The Bertz CT molecular complexity index is 843. The molecule has 1 aliphatic heterocycles. The lowest BCUT2D eigenvalue weighted by molar-refractivity contribution is 0.0255. The molecule has 0 radical (unpaired) electrons. The predicted molar refractivity (Wildman–Crippen MR) is 101 cm³/mol. The number of carbonyl (C=O) groups excluding carboxylic acids is 1. The maximum Gasteiger partial charge on any atom is 0.410 e. The fourth-order valence-electron chi connectivity index (χ4n) is 3.15. The number of halogens is 1. The smallest absolute Gasteiger partial charge is 0.410 e. The van der Waals surface area contributed by atoms with Crippen LogP contribution in [-0.4, -0.2) is 27.7 Å². The molecule has 0 unspecified atom stereocenters. The molecule has 1 aromatic carbocycles. The van der Waals surface area contributed by atoms with E-state index in [9.17, 15) is 4.79 Å². The number of ether oxygens (including phenoxy) is 1. The molecule has 1 aliphatic rings. The number of hydrogen-bond donors (Lipinski definition) is 0. The predicted octanol–water partition coefficient (Wildman–Crippen LogP) is 5.09. The van der Waals surface area contributed by atoms with Crippen LogP contribution in [0.5, 0.6) is 0 Å². The Morgan fingerprint density at radius 1 is 1.29 bits per heavy atom. The molecule has 24 heavy (non-hydrogen) atoms. The van der Waals surface area contributed by atoms with E-state index >= 15 is 0 Å². The van der Waals surface area contributed by atoms with Crippen molar-refractivity contribution in [3.8, 4) is 0 Å². The number of benzene rings is 1. The molecule has 1 amide bonds. The Balaban J connectivity index is 2.07. The number of aryl methyl sites for hydroxylation is 1. The van der Waals surface area contributed by atoms with Crippen molar-refractivity contribution in [1.82, 2.24) is 9.47 Å². The molecule has 0 bridgehead atoms. The first kappa shape index (κ1) is 17.1. The molecule has 0 atom stereocenters. The Morgan fingerprint density at radius 2 is 2.00 bits per heavy atom. The highest BCUT2D eigenvalue weighted by Crippen LogP contribution is 2.35. The van der Waals surface area contributed by atoms with Crippen molar-refractivity contribution >= 4 is 38.5 Å². The Kier molecular flexibility index (Phi) is 4.24. The Labute approximate surface area is 151 Å². The summed E-state index contributed by atoms with van der Waals surface area (Å²) in [5.41, 5.74) is 4.23. The molecule has 0 saturated heterocycles. The lowest BCUT2D eigenvalue weighted by Crippen LogP contribution is -2.36. The third kappa shape index (κ3) is 3.09. The van der Waals surface area contributed by atoms with E-state index in [0.29, 0.717) is 13.1 Å². The highest BCUT2D eigenvalue weighted by atomic mass is 79.9. The molecule has 0 aliphatic carbocycles. The molecule has 4 nitrogen and oxygen atoms in total. The van der Waals surface area contributed by atoms with Crippen LogP contribution >= 0.6 is 15.9 Å².